The fourth-order valence-corrected chi connectivity index (χ4v) is 3.65. The van der Waals surface area contributed by atoms with Crippen LogP contribution in [0.25, 0.3) is 0 Å². The molecule has 1 saturated heterocycles. The summed E-state index contributed by atoms with van der Waals surface area (Å²) in [6, 6.07) is 19.9. The largest absolute Gasteiger partial charge is 0.449 e. The highest BCUT2D eigenvalue weighted by atomic mass is 16.5. The lowest BCUT2D eigenvalue weighted by Crippen LogP contribution is -2.48. The number of hydrogen-bond donors (Lipinski definition) is 1. The lowest BCUT2D eigenvalue weighted by molar-refractivity contribution is -0.133. The van der Waals surface area contributed by atoms with Gasteiger partial charge >= 0.3 is 6.09 Å². The van der Waals surface area contributed by atoms with Crippen LogP contribution >= 0.6 is 0 Å². The number of alkyl carbamates (subject to hydrolysis) is 1. The van der Waals surface area contributed by atoms with E-state index in [1.807, 2.05) is 79.4 Å². The second-order valence-electron chi connectivity index (χ2n) is 7.99. The minimum Gasteiger partial charge on any atom is -0.449 e. The molecule has 1 N–H and O–H groups in total. The Hall–Kier alpha value is -2.82. The van der Waals surface area contributed by atoms with Crippen LogP contribution in [-0.2, 0) is 9.53 Å². The quantitative estimate of drug-likeness (QED) is 0.799. The van der Waals surface area contributed by atoms with Crippen molar-refractivity contribution in [3.05, 3.63) is 71.8 Å². The molecule has 5 nitrogen and oxygen atoms in total. The zero-order valence-electron chi connectivity index (χ0n) is 17.2. The highest BCUT2D eigenvalue weighted by Gasteiger charge is 2.30. The lowest BCUT2D eigenvalue weighted by atomic mass is 9.89. The first-order valence-corrected chi connectivity index (χ1v) is 10.4. The van der Waals surface area contributed by atoms with Crippen LogP contribution in [0.2, 0.25) is 0 Å². The molecule has 0 atom stereocenters. The van der Waals surface area contributed by atoms with Gasteiger partial charge in [0.25, 0.3) is 0 Å². The molecule has 154 valence electrons. The van der Waals surface area contributed by atoms with Crippen molar-refractivity contribution in [1.29, 1.82) is 0 Å². The Morgan fingerprint density at radius 3 is 1.97 bits per heavy atom. The summed E-state index contributed by atoms with van der Waals surface area (Å²) in [5.74, 6) is 0.120. The zero-order valence-corrected chi connectivity index (χ0v) is 17.2. The molecule has 0 radical (unpaired) electrons. The number of nitrogens with zero attached hydrogens (tertiary/aromatic N) is 1. The Morgan fingerprint density at radius 1 is 0.966 bits per heavy atom. The average molecular weight is 395 g/mol. The Morgan fingerprint density at radius 2 is 1.48 bits per heavy atom. The van der Waals surface area contributed by atoms with Gasteiger partial charge in [0.2, 0.25) is 5.91 Å². The van der Waals surface area contributed by atoms with E-state index >= 15 is 0 Å². The van der Waals surface area contributed by atoms with Crippen LogP contribution in [0.15, 0.2) is 60.7 Å². The third kappa shape index (κ3) is 5.83. The highest BCUT2D eigenvalue weighted by molar-refractivity contribution is 5.87. The predicted octanol–water partition coefficient (Wildman–Crippen LogP) is 4.19. The number of amides is 2. The molecule has 2 aromatic carbocycles. The van der Waals surface area contributed by atoms with Gasteiger partial charge in [-0.15, -0.1) is 0 Å². The molecule has 1 aliphatic heterocycles. The van der Waals surface area contributed by atoms with Gasteiger partial charge in [0.1, 0.15) is 0 Å². The molecule has 0 bridgehead atoms. The van der Waals surface area contributed by atoms with E-state index in [1.165, 1.54) is 0 Å². The maximum atomic E-state index is 13.4. The van der Waals surface area contributed by atoms with Crippen LogP contribution in [0.5, 0.6) is 0 Å². The molecule has 0 unspecified atom stereocenters. The molecule has 0 spiro atoms. The van der Waals surface area contributed by atoms with E-state index in [0.717, 1.165) is 24.0 Å². The number of carbonyl (C=O) groups is 2. The normalized spacial score (nSPS) is 14.8. The lowest BCUT2D eigenvalue weighted by Gasteiger charge is -2.34. The molecule has 1 aliphatic rings. The Bertz CT molecular complexity index is 745. The Balaban J connectivity index is 1.63. The number of carbonyl (C=O) groups excluding carboxylic acids is 2. The van der Waals surface area contributed by atoms with Crippen LogP contribution in [0.4, 0.5) is 4.79 Å². The summed E-state index contributed by atoms with van der Waals surface area (Å²) in [6.45, 7) is 5.69. The standard InChI is InChI=1S/C24H30N2O3/c1-18(2)17-29-24(28)25-21-13-15-26(16-14-21)23(27)22(19-9-5-3-6-10-19)20-11-7-4-8-12-20/h3-12,18,21-22H,13-17H2,1-2H3,(H,25,28). The second kappa shape index (κ2) is 10.1. The predicted molar refractivity (Wildman–Crippen MR) is 114 cm³/mol. The van der Waals surface area contributed by atoms with Gasteiger partial charge in [0.05, 0.1) is 12.5 Å². The van der Waals surface area contributed by atoms with Crippen molar-refractivity contribution in [3.63, 3.8) is 0 Å². The molecule has 3 rings (SSSR count). The van der Waals surface area contributed by atoms with E-state index in [2.05, 4.69) is 5.32 Å². The van der Waals surface area contributed by atoms with Gasteiger partial charge in [-0.25, -0.2) is 4.79 Å². The fourth-order valence-electron chi connectivity index (χ4n) is 3.65. The van der Waals surface area contributed by atoms with E-state index in [1.54, 1.807) is 0 Å². The van der Waals surface area contributed by atoms with E-state index in [9.17, 15) is 9.59 Å². The average Bonchev–Trinajstić information content (AvgIpc) is 2.74. The highest BCUT2D eigenvalue weighted by Crippen LogP contribution is 2.28. The summed E-state index contributed by atoms with van der Waals surface area (Å²) in [5, 5.41) is 2.93. The molecule has 29 heavy (non-hydrogen) atoms. The minimum atomic E-state index is -0.366. The van der Waals surface area contributed by atoms with Gasteiger partial charge in [-0.1, -0.05) is 74.5 Å². The Labute approximate surface area is 173 Å². The Kier molecular flexibility index (Phi) is 7.28. The molecule has 0 aliphatic carbocycles. The van der Waals surface area contributed by atoms with E-state index in [0.29, 0.717) is 25.6 Å². The molecule has 1 fully saturated rings. The zero-order chi connectivity index (χ0) is 20.6. The molecule has 0 saturated carbocycles. The van der Waals surface area contributed by atoms with Crippen molar-refractivity contribution in [2.45, 2.75) is 38.6 Å². The van der Waals surface area contributed by atoms with Crippen LogP contribution < -0.4 is 5.32 Å². The summed E-state index contributed by atoms with van der Waals surface area (Å²) in [4.78, 5) is 27.2. The van der Waals surface area contributed by atoms with Gasteiger partial charge in [0, 0.05) is 19.1 Å². The molecule has 0 aromatic heterocycles. The number of piperidine rings is 1. The fraction of sp³-hybridized carbons (Fsp3) is 0.417. The monoisotopic (exact) mass is 394 g/mol. The number of benzene rings is 2. The maximum Gasteiger partial charge on any atom is 0.407 e. The van der Waals surface area contributed by atoms with Crippen molar-refractivity contribution >= 4 is 12.0 Å². The summed E-state index contributed by atoms with van der Waals surface area (Å²) in [6.07, 6.45) is 1.10. The van der Waals surface area contributed by atoms with Crippen molar-refractivity contribution < 1.29 is 14.3 Å². The summed E-state index contributed by atoms with van der Waals surface area (Å²) in [5.41, 5.74) is 2.00. The third-order valence-electron chi connectivity index (χ3n) is 5.19. The van der Waals surface area contributed by atoms with Gasteiger partial charge < -0.3 is 15.0 Å². The molecule has 2 aromatic rings. The first-order valence-electron chi connectivity index (χ1n) is 10.4. The van der Waals surface area contributed by atoms with E-state index in [4.69, 9.17) is 4.74 Å². The van der Waals surface area contributed by atoms with Gasteiger partial charge in [-0.2, -0.15) is 0 Å². The first kappa shape index (κ1) is 20.9. The number of ether oxygens (including phenoxy) is 1. The smallest absolute Gasteiger partial charge is 0.407 e. The minimum absolute atomic E-state index is 0.0469. The maximum absolute atomic E-state index is 13.4. The summed E-state index contributed by atoms with van der Waals surface area (Å²) < 4.78 is 5.20. The second-order valence-corrected chi connectivity index (χ2v) is 7.99. The van der Waals surface area contributed by atoms with Crippen molar-refractivity contribution in [2.24, 2.45) is 5.92 Å². The van der Waals surface area contributed by atoms with Crippen molar-refractivity contribution in [2.75, 3.05) is 19.7 Å². The molecular formula is C24H30N2O3. The van der Waals surface area contributed by atoms with Gasteiger partial charge in [-0.3, -0.25) is 4.79 Å². The molecule has 5 heteroatoms. The topological polar surface area (TPSA) is 58.6 Å². The number of likely N-dealkylation sites (tertiary alicyclic amines) is 1. The number of hydrogen-bond acceptors (Lipinski definition) is 3. The van der Waals surface area contributed by atoms with Crippen LogP contribution in [0, 0.1) is 5.92 Å². The summed E-state index contributed by atoms with van der Waals surface area (Å²) >= 11 is 0. The van der Waals surface area contributed by atoms with Gasteiger partial charge in [0.15, 0.2) is 0 Å². The van der Waals surface area contributed by atoms with Crippen molar-refractivity contribution in [1.82, 2.24) is 10.2 Å². The molecule has 1 heterocycles. The van der Waals surface area contributed by atoms with Crippen LogP contribution in [0.1, 0.15) is 43.7 Å². The van der Waals surface area contributed by atoms with Crippen LogP contribution in [-0.4, -0.2) is 42.6 Å². The van der Waals surface area contributed by atoms with E-state index in [-0.39, 0.29) is 24.0 Å². The van der Waals surface area contributed by atoms with E-state index < -0.39 is 0 Å². The first-order chi connectivity index (χ1) is 14.0. The van der Waals surface area contributed by atoms with Crippen molar-refractivity contribution in [3.8, 4) is 0 Å². The molecular weight excluding hydrogens is 364 g/mol. The third-order valence-corrected chi connectivity index (χ3v) is 5.19. The van der Waals surface area contributed by atoms with Gasteiger partial charge in [-0.05, 0) is 29.9 Å². The molecule has 2 amide bonds. The SMILES string of the molecule is CC(C)COC(=O)NC1CCN(C(=O)C(c2ccccc2)c2ccccc2)CC1. The van der Waals surface area contributed by atoms with Crippen LogP contribution in [0.3, 0.4) is 0 Å². The summed E-state index contributed by atoms with van der Waals surface area (Å²) in [7, 11) is 0. The number of rotatable bonds is 6. The number of nitrogens with one attached hydrogen (secondary N) is 1.